The van der Waals surface area contributed by atoms with E-state index in [9.17, 15) is 8.42 Å². The van der Waals surface area contributed by atoms with Gasteiger partial charge in [0.05, 0.1) is 17.4 Å². The molecule has 2 N–H and O–H groups in total. The summed E-state index contributed by atoms with van der Waals surface area (Å²) in [6, 6.07) is 0.0515. The van der Waals surface area contributed by atoms with Crippen LogP contribution in [0.15, 0.2) is 4.52 Å². The summed E-state index contributed by atoms with van der Waals surface area (Å²) in [5.74, 6) is 3.23. The highest BCUT2D eigenvalue weighted by molar-refractivity contribution is 7.99. The fourth-order valence-corrected chi connectivity index (χ4v) is 5.41. The van der Waals surface area contributed by atoms with Crippen molar-refractivity contribution in [3.63, 3.8) is 0 Å². The second kappa shape index (κ2) is 4.50. The van der Waals surface area contributed by atoms with Gasteiger partial charge < -0.3 is 10.3 Å². The van der Waals surface area contributed by atoms with Gasteiger partial charge in [0.1, 0.15) is 0 Å². The van der Waals surface area contributed by atoms with Gasteiger partial charge >= 0.3 is 0 Å². The van der Waals surface area contributed by atoms with E-state index in [2.05, 4.69) is 10.1 Å². The van der Waals surface area contributed by atoms with E-state index in [0.717, 1.165) is 11.5 Å². The van der Waals surface area contributed by atoms with Crippen LogP contribution >= 0.6 is 11.8 Å². The lowest BCUT2D eigenvalue weighted by molar-refractivity contribution is 0.347. The minimum atomic E-state index is -2.91. The summed E-state index contributed by atoms with van der Waals surface area (Å²) in [4.78, 5) is 4.35. The maximum Gasteiger partial charge on any atom is 0.232 e. The minimum Gasteiger partial charge on any atom is -0.339 e. The van der Waals surface area contributed by atoms with Gasteiger partial charge in [0.15, 0.2) is 15.7 Å². The fourth-order valence-electron chi connectivity index (χ4n) is 2.39. The molecule has 1 aromatic rings. The van der Waals surface area contributed by atoms with Crippen molar-refractivity contribution >= 4 is 21.6 Å². The number of sulfone groups is 1. The van der Waals surface area contributed by atoms with Gasteiger partial charge in [0.25, 0.3) is 0 Å². The van der Waals surface area contributed by atoms with E-state index in [4.69, 9.17) is 10.3 Å². The summed E-state index contributed by atoms with van der Waals surface area (Å²) < 4.78 is 28.1. The molecule has 18 heavy (non-hydrogen) atoms. The first kappa shape index (κ1) is 12.4. The molecule has 8 heteroatoms. The van der Waals surface area contributed by atoms with E-state index in [1.54, 1.807) is 11.8 Å². The van der Waals surface area contributed by atoms with Gasteiger partial charge in [0.2, 0.25) is 5.89 Å². The van der Waals surface area contributed by atoms with Gasteiger partial charge in [0, 0.05) is 23.5 Å². The molecular weight excluding hydrogens is 274 g/mol. The Morgan fingerprint density at radius 3 is 2.83 bits per heavy atom. The molecule has 3 unspecified atom stereocenters. The van der Waals surface area contributed by atoms with Crippen LogP contribution in [0.5, 0.6) is 0 Å². The summed E-state index contributed by atoms with van der Waals surface area (Å²) in [6.07, 6.45) is 0.590. The molecule has 1 aromatic heterocycles. The summed E-state index contributed by atoms with van der Waals surface area (Å²) in [5, 5.41) is 3.93. The van der Waals surface area contributed by atoms with Crippen molar-refractivity contribution in [1.29, 1.82) is 0 Å². The highest BCUT2D eigenvalue weighted by Crippen LogP contribution is 2.33. The van der Waals surface area contributed by atoms with Crippen molar-refractivity contribution < 1.29 is 12.9 Å². The largest absolute Gasteiger partial charge is 0.339 e. The molecule has 2 aliphatic rings. The van der Waals surface area contributed by atoms with E-state index < -0.39 is 9.84 Å². The van der Waals surface area contributed by atoms with Crippen molar-refractivity contribution in [3.8, 4) is 0 Å². The molecule has 0 aliphatic carbocycles. The van der Waals surface area contributed by atoms with Crippen molar-refractivity contribution in [2.75, 3.05) is 23.0 Å². The minimum absolute atomic E-state index is 0.0515. The second-order valence-electron chi connectivity index (χ2n) is 4.90. The third-order valence-electron chi connectivity index (χ3n) is 3.50. The Hall–Kier alpha value is -0.600. The highest BCUT2D eigenvalue weighted by Gasteiger charge is 2.35. The first-order valence-electron chi connectivity index (χ1n) is 5.92. The van der Waals surface area contributed by atoms with Gasteiger partial charge in [-0.05, 0) is 6.42 Å². The van der Waals surface area contributed by atoms with Gasteiger partial charge in [-0.2, -0.15) is 16.7 Å². The Balaban J connectivity index is 1.78. The third-order valence-corrected chi connectivity index (χ3v) is 6.48. The number of nitrogens with two attached hydrogens (primary N) is 1. The first-order chi connectivity index (χ1) is 8.55. The molecule has 6 nitrogen and oxygen atoms in total. The number of nitrogens with zero attached hydrogens (tertiary/aromatic N) is 2. The third kappa shape index (κ3) is 2.28. The van der Waals surface area contributed by atoms with Crippen molar-refractivity contribution in [3.05, 3.63) is 11.7 Å². The van der Waals surface area contributed by atoms with Crippen LogP contribution in [-0.4, -0.2) is 47.6 Å². The lowest BCUT2D eigenvalue weighted by atomic mass is 10.0. The molecule has 2 saturated heterocycles. The number of aromatic nitrogens is 2. The maximum absolute atomic E-state index is 11.4. The summed E-state index contributed by atoms with van der Waals surface area (Å²) >= 11 is 1.78. The van der Waals surface area contributed by atoms with Crippen LogP contribution in [0.2, 0.25) is 0 Å². The van der Waals surface area contributed by atoms with E-state index in [1.807, 2.05) is 0 Å². The average molecular weight is 289 g/mol. The van der Waals surface area contributed by atoms with Crippen LogP contribution in [0.1, 0.15) is 30.0 Å². The van der Waals surface area contributed by atoms with Crippen molar-refractivity contribution in [2.45, 2.75) is 24.3 Å². The molecule has 0 aromatic carbocycles. The Morgan fingerprint density at radius 1 is 1.39 bits per heavy atom. The van der Waals surface area contributed by atoms with Crippen LogP contribution < -0.4 is 5.73 Å². The number of hydrogen-bond acceptors (Lipinski definition) is 7. The Morgan fingerprint density at radius 2 is 2.22 bits per heavy atom. The van der Waals surface area contributed by atoms with Gasteiger partial charge in [-0.15, -0.1) is 0 Å². The monoisotopic (exact) mass is 289 g/mol. The van der Waals surface area contributed by atoms with E-state index >= 15 is 0 Å². The lowest BCUT2D eigenvalue weighted by Crippen LogP contribution is -2.26. The second-order valence-corrected chi connectivity index (χ2v) is 8.20. The van der Waals surface area contributed by atoms with Gasteiger partial charge in [-0.25, -0.2) is 8.42 Å². The predicted molar refractivity (Wildman–Crippen MR) is 68.4 cm³/mol. The predicted octanol–water partition coefficient (Wildman–Crippen LogP) is 0.129. The van der Waals surface area contributed by atoms with Gasteiger partial charge in [-0.1, -0.05) is 5.16 Å². The van der Waals surface area contributed by atoms with E-state index in [1.165, 1.54) is 0 Å². The maximum atomic E-state index is 11.4. The normalized spacial score (nSPS) is 35.1. The first-order valence-corrected chi connectivity index (χ1v) is 8.90. The summed E-state index contributed by atoms with van der Waals surface area (Å²) in [7, 11) is -2.91. The zero-order chi connectivity index (χ0) is 12.8. The highest BCUT2D eigenvalue weighted by atomic mass is 32.2. The molecule has 3 heterocycles. The van der Waals surface area contributed by atoms with Crippen LogP contribution in [-0.2, 0) is 9.84 Å². The number of thioether (sulfide) groups is 1. The SMILES string of the molecule is NC1CSCC1c1nc(C2CCS(=O)(=O)C2)no1. The quantitative estimate of drug-likeness (QED) is 0.826. The molecule has 3 atom stereocenters. The summed E-state index contributed by atoms with van der Waals surface area (Å²) in [5.41, 5.74) is 5.97. The Bertz CT molecular complexity index is 542. The molecule has 2 fully saturated rings. The molecule has 100 valence electrons. The van der Waals surface area contributed by atoms with Crippen molar-refractivity contribution in [1.82, 2.24) is 10.1 Å². The Kier molecular flexibility index (Phi) is 3.11. The lowest BCUT2D eigenvalue weighted by Gasteiger charge is -2.07. The van der Waals surface area contributed by atoms with Gasteiger partial charge in [-0.3, -0.25) is 0 Å². The van der Waals surface area contributed by atoms with Crippen LogP contribution in [0, 0.1) is 0 Å². The zero-order valence-corrected chi connectivity index (χ0v) is 11.4. The fraction of sp³-hybridized carbons (Fsp3) is 0.800. The van der Waals surface area contributed by atoms with Crippen LogP contribution in [0.25, 0.3) is 0 Å². The molecule has 0 saturated carbocycles. The molecule has 0 bridgehead atoms. The number of rotatable bonds is 2. The molecule has 3 rings (SSSR count). The van der Waals surface area contributed by atoms with E-state index in [0.29, 0.717) is 18.1 Å². The Labute approximate surface area is 110 Å². The average Bonchev–Trinajstić information content (AvgIpc) is 2.97. The van der Waals surface area contributed by atoms with Crippen LogP contribution in [0.3, 0.4) is 0 Å². The topological polar surface area (TPSA) is 99.1 Å². The zero-order valence-electron chi connectivity index (χ0n) is 9.78. The molecule has 2 aliphatic heterocycles. The van der Waals surface area contributed by atoms with Crippen LogP contribution in [0.4, 0.5) is 0 Å². The standard InChI is InChI=1S/C10H15N3O3S2/c11-8-4-17-3-7(8)10-12-9(13-16-10)6-1-2-18(14,15)5-6/h6-8H,1-5,11H2. The van der Waals surface area contributed by atoms with Crippen molar-refractivity contribution in [2.24, 2.45) is 5.73 Å². The summed E-state index contributed by atoms with van der Waals surface area (Å²) in [6.45, 7) is 0. The number of hydrogen-bond donors (Lipinski definition) is 1. The molecule has 0 amide bonds. The molecular formula is C10H15N3O3S2. The molecule has 0 spiro atoms. The van der Waals surface area contributed by atoms with E-state index in [-0.39, 0.29) is 29.4 Å². The molecule has 0 radical (unpaired) electrons. The smallest absolute Gasteiger partial charge is 0.232 e.